The van der Waals surface area contributed by atoms with Gasteiger partial charge in [-0.1, -0.05) is 30.3 Å². The maximum absolute atomic E-state index is 5.10. The van der Waals surface area contributed by atoms with Gasteiger partial charge in [0.1, 0.15) is 5.82 Å². The minimum atomic E-state index is 0.612. The molecule has 0 aliphatic heterocycles. The van der Waals surface area contributed by atoms with Gasteiger partial charge in [0.25, 0.3) is 0 Å². The number of pyridine rings is 2. The van der Waals surface area contributed by atoms with Crippen molar-refractivity contribution >= 4 is 22.3 Å². The number of hydrogen-bond donors (Lipinski definition) is 1. The lowest BCUT2D eigenvalue weighted by molar-refractivity contribution is 0.398. The molecule has 0 bridgehead atoms. The van der Waals surface area contributed by atoms with Gasteiger partial charge in [-0.3, -0.25) is 0 Å². The lowest BCUT2D eigenvalue weighted by Crippen LogP contribution is -1.93. The van der Waals surface area contributed by atoms with E-state index < -0.39 is 0 Å². The summed E-state index contributed by atoms with van der Waals surface area (Å²) >= 11 is 1.56. The van der Waals surface area contributed by atoms with E-state index in [0.29, 0.717) is 5.88 Å². The number of hydrogen-bond acceptors (Lipinski definition) is 6. The summed E-state index contributed by atoms with van der Waals surface area (Å²) in [5, 5.41) is 6.13. The Hall–Kier alpha value is -3.25. The Morgan fingerprint density at radius 1 is 0.889 bits per heavy atom. The molecular formula is C21H18N4OS. The van der Waals surface area contributed by atoms with E-state index in [0.717, 1.165) is 39.0 Å². The second-order valence-corrected chi connectivity index (χ2v) is 6.85. The van der Waals surface area contributed by atoms with Gasteiger partial charge >= 0.3 is 0 Å². The summed E-state index contributed by atoms with van der Waals surface area (Å²) in [6, 6.07) is 18.0. The molecule has 0 radical (unpaired) electrons. The molecular weight excluding hydrogens is 356 g/mol. The molecule has 1 N–H and O–H groups in total. The van der Waals surface area contributed by atoms with Gasteiger partial charge in [-0.15, -0.1) is 11.3 Å². The molecule has 4 aromatic rings. The predicted molar refractivity (Wildman–Crippen MR) is 110 cm³/mol. The van der Waals surface area contributed by atoms with E-state index in [1.165, 1.54) is 0 Å². The van der Waals surface area contributed by atoms with Crippen molar-refractivity contribution in [1.82, 2.24) is 15.0 Å². The summed E-state index contributed by atoms with van der Waals surface area (Å²) in [6.45, 7) is 1.97. The number of nitrogens with zero attached hydrogens (tertiary/aromatic N) is 3. The highest BCUT2D eigenvalue weighted by molar-refractivity contribution is 7.14. The molecule has 0 aliphatic rings. The summed E-state index contributed by atoms with van der Waals surface area (Å²) in [5.41, 5.74) is 5.14. The quantitative estimate of drug-likeness (QED) is 0.512. The van der Waals surface area contributed by atoms with Gasteiger partial charge in [0.15, 0.2) is 5.13 Å². The van der Waals surface area contributed by atoms with Gasteiger partial charge in [0.05, 0.1) is 12.8 Å². The standard InChI is InChI=1S/C21H18N4OS/c1-14-4-3-5-19(23-14)25-21-24-18(13-27-21)16-8-6-15(7-9-16)17-10-11-20(26-2)22-12-17/h3-13H,1-2H3,(H,23,24,25). The number of methoxy groups -OCH3 is 1. The fraction of sp³-hybridized carbons (Fsp3) is 0.0952. The van der Waals surface area contributed by atoms with Gasteiger partial charge in [0, 0.05) is 34.5 Å². The monoisotopic (exact) mass is 374 g/mol. The third kappa shape index (κ3) is 3.96. The lowest BCUT2D eigenvalue weighted by atomic mass is 10.0. The van der Waals surface area contributed by atoms with Crippen molar-refractivity contribution in [2.24, 2.45) is 0 Å². The Kier molecular flexibility index (Phi) is 4.80. The second kappa shape index (κ2) is 7.55. The molecule has 4 rings (SSSR count). The molecule has 0 atom stereocenters. The van der Waals surface area contributed by atoms with Crippen LogP contribution in [0.1, 0.15) is 5.69 Å². The predicted octanol–water partition coefficient (Wildman–Crippen LogP) is 5.33. The van der Waals surface area contributed by atoms with Crippen LogP contribution in [0.25, 0.3) is 22.4 Å². The smallest absolute Gasteiger partial charge is 0.212 e. The average molecular weight is 374 g/mol. The lowest BCUT2D eigenvalue weighted by Gasteiger charge is -2.04. The molecule has 3 aromatic heterocycles. The Morgan fingerprint density at radius 2 is 1.67 bits per heavy atom. The number of rotatable bonds is 5. The molecule has 27 heavy (non-hydrogen) atoms. The number of anilines is 2. The fourth-order valence-electron chi connectivity index (χ4n) is 2.69. The molecule has 0 fully saturated rings. The minimum Gasteiger partial charge on any atom is -0.481 e. The SMILES string of the molecule is COc1ccc(-c2ccc(-c3csc(Nc4cccc(C)n4)n3)cc2)cn1. The first-order valence-electron chi connectivity index (χ1n) is 8.48. The molecule has 0 spiro atoms. The zero-order valence-electron chi connectivity index (χ0n) is 15.0. The first-order chi connectivity index (χ1) is 13.2. The summed E-state index contributed by atoms with van der Waals surface area (Å²) in [5.74, 6) is 1.42. The van der Waals surface area contributed by atoms with E-state index in [-0.39, 0.29) is 0 Å². The zero-order valence-corrected chi connectivity index (χ0v) is 15.8. The average Bonchev–Trinajstić information content (AvgIpc) is 3.17. The number of aryl methyl sites for hydroxylation is 1. The molecule has 3 heterocycles. The summed E-state index contributed by atoms with van der Waals surface area (Å²) in [6.07, 6.45) is 1.81. The maximum atomic E-state index is 5.10. The van der Waals surface area contributed by atoms with Crippen LogP contribution in [0.4, 0.5) is 10.9 Å². The number of nitrogens with one attached hydrogen (secondary N) is 1. The molecule has 5 nitrogen and oxygen atoms in total. The van der Waals surface area contributed by atoms with Crippen LogP contribution in [0, 0.1) is 6.92 Å². The molecule has 0 amide bonds. The highest BCUT2D eigenvalue weighted by Gasteiger charge is 2.07. The molecule has 0 aliphatic carbocycles. The van der Waals surface area contributed by atoms with E-state index >= 15 is 0 Å². The van der Waals surface area contributed by atoms with Gasteiger partial charge in [-0.25, -0.2) is 15.0 Å². The van der Waals surface area contributed by atoms with Crippen molar-refractivity contribution in [1.29, 1.82) is 0 Å². The summed E-state index contributed by atoms with van der Waals surface area (Å²) in [7, 11) is 1.61. The van der Waals surface area contributed by atoms with Crippen molar-refractivity contribution in [3.8, 4) is 28.3 Å². The maximum Gasteiger partial charge on any atom is 0.212 e. The number of aromatic nitrogens is 3. The molecule has 0 saturated carbocycles. The molecule has 0 saturated heterocycles. The molecule has 6 heteroatoms. The van der Waals surface area contributed by atoms with E-state index in [1.807, 2.05) is 48.8 Å². The van der Waals surface area contributed by atoms with Crippen LogP contribution in [-0.2, 0) is 0 Å². The van der Waals surface area contributed by atoms with E-state index in [9.17, 15) is 0 Å². The Balaban J connectivity index is 1.51. The van der Waals surface area contributed by atoms with Crippen LogP contribution in [0.3, 0.4) is 0 Å². The molecule has 0 unspecified atom stereocenters. The minimum absolute atomic E-state index is 0.612. The van der Waals surface area contributed by atoms with Crippen LogP contribution in [0.2, 0.25) is 0 Å². The van der Waals surface area contributed by atoms with Crippen molar-refractivity contribution in [3.05, 3.63) is 71.9 Å². The number of thiazole rings is 1. The first-order valence-corrected chi connectivity index (χ1v) is 9.36. The second-order valence-electron chi connectivity index (χ2n) is 5.99. The number of benzene rings is 1. The Bertz CT molecular complexity index is 1040. The van der Waals surface area contributed by atoms with Gasteiger partial charge in [-0.2, -0.15) is 0 Å². The van der Waals surface area contributed by atoms with Crippen LogP contribution in [-0.4, -0.2) is 22.1 Å². The third-order valence-corrected chi connectivity index (χ3v) is 4.84. The topological polar surface area (TPSA) is 59.9 Å². The normalized spacial score (nSPS) is 10.6. The van der Waals surface area contributed by atoms with Crippen molar-refractivity contribution < 1.29 is 4.74 Å². The zero-order chi connectivity index (χ0) is 18.6. The van der Waals surface area contributed by atoms with Crippen LogP contribution < -0.4 is 10.1 Å². The Morgan fingerprint density at radius 3 is 2.37 bits per heavy atom. The highest BCUT2D eigenvalue weighted by Crippen LogP contribution is 2.29. The Labute approximate surface area is 161 Å². The molecule has 1 aromatic carbocycles. The highest BCUT2D eigenvalue weighted by atomic mass is 32.1. The van der Waals surface area contributed by atoms with Crippen LogP contribution in [0.5, 0.6) is 5.88 Å². The summed E-state index contributed by atoms with van der Waals surface area (Å²) < 4.78 is 5.10. The van der Waals surface area contributed by atoms with Gasteiger partial charge in [-0.05, 0) is 30.7 Å². The van der Waals surface area contributed by atoms with Crippen LogP contribution in [0.15, 0.2) is 66.2 Å². The summed E-state index contributed by atoms with van der Waals surface area (Å²) in [4.78, 5) is 13.4. The van der Waals surface area contributed by atoms with Crippen molar-refractivity contribution in [2.45, 2.75) is 6.92 Å². The third-order valence-electron chi connectivity index (χ3n) is 4.09. The van der Waals surface area contributed by atoms with E-state index in [1.54, 1.807) is 18.4 Å². The van der Waals surface area contributed by atoms with Gasteiger partial charge in [0.2, 0.25) is 5.88 Å². The van der Waals surface area contributed by atoms with Crippen LogP contribution >= 0.6 is 11.3 Å². The van der Waals surface area contributed by atoms with Crippen molar-refractivity contribution in [3.63, 3.8) is 0 Å². The van der Waals surface area contributed by atoms with Gasteiger partial charge < -0.3 is 10.1 Å². The van der Waals surface area contributed by atoms with E-state index in [4.69, 9.17) is 4.74 Å². The first kappa shape index (κ1) is 17.2. The number of ether oxygens (including phenoxy) is 1. The largest absolute Gasteiger partial charge is 0.481 e. The fourth-order valence-corrected chi connectivity index (χ4v) is 3.42. The van der Waals surface area contributed by atoms with E-state index in [2.05, 4.69) is 44.5 Å². The molecule has 134 valence electrons. The van der Waals surface area contributed by atoms with Crippen molar-refractivity contribution in [2.75, 3.05) is 12.4 Å².